The summed E-state index contributed by atoms with van der Waals surface area (Å²) in [7, 11) is -0.771. The summed E-state index contributed by atoms with van der Waals surface area (Å²) >= 11 is 0. The molecule has 1 rings (SSSR count). The minimum absolute atomic E-state index is 0.705. The molecule has 0 fully saturated rings. The lowest BCUT2D eigenvalue weighted by Crippen LogP contribution is -2.04. The molecule has 0 aromatic heterocycles. The van der Waals surface area contributed by atoms with Crippen LogP contribution in [0.3, 0.4) is 0 Å². The highest BCUT2D eigenvalue weighted by atomic mass is 33.2. The number of hydrogen-bond donors (Lipinski definition) is 1. The second kappa shape index (κ2) is 8.85. The molecule has 0 atom stereocenters. The average Bonchev–Trinajstić information content (AvgIpc) is 2.42. The van der Waals surface area contributed by atoms with Gasteiger partial charge in [0.25, 0.3) is 0 Å². The summed E-state index contributed by atoms with van der Waals surface area (Å²) < 4.78 is 18.0. The molecule has 0 saturated carbocycles. The molecule has 4 heteroatoms. The predicted molar refractivity (Wildman–Crippen MR) is 92.3 cm³/mol. The first kappa shape index (κ1) is 17.7. The normalized spacial score (nSPS) is 12.8. The third kappa shape index (κ3) is 6.42. The Morgan fingerprint density at radius 1 is 1.30 bits per heavy atom. The van der Waals surface area contributed by atoms with Crippen LogP contribution in [0.5, 0.6) is 0 Å². The molecule has 2 nitrogen and oxygen atoms in total. The van der Waals surface area contributed by atoms with Gasteiger partial charge in [-0.3, -0.25) is 4.21 Å². The maximum Gasteiger partial charge on any atom is 0.0469 e. The second-order valence-electron chi connectivity index (χ2n) is 5.60. The van der Waals surface area contributed by atoms with Crippen molar-refractivity contribution in [2.75, 3.05) is 25.7 Å². The first-order valence-corrected chi connectivity index (χ1v) is 11.2. The van der Waals surface area contributed by atoms with Crippen molar-refractivity contribution in [3.8, 4) is 0 Å². The summed E-state index contributed by atoms with van der Waals surface area (Å²) in [4.78, 5) is 0.975. The van der Waals surface area contributed by atoms with E-state index in [0.29, 0.717) is 5.92 Å². The SMILES string of the molecule is CS[SH](C)(=O)c1cccc(CCCOCCC(C)C)c1. The topological polar surface area (TPSA) is 26.3 Å². The summed E-state index contributed by atoms with van der Waals surface area (Å²) in [6.45, 7) is 6.09. The molecule has 0 aliphatic carbocycles. The fourth-order valence-electron chi connectivity index (χ4n) is 1.87. The molecule has 0 spiro atoms. The van der Waals surface area contributed by atoms with Gasteiger partial charge < -0.3 is 4.74 Å². The van der Waals surface area contributed by atoms with Gasteiger partial charge >= 0.3 is 0 Å². The van der Waals surface area contributed by atoms with Gasteiger partial charge in [-0.1, -0.05) is 36.8 Å². The molecule has 0 radical (unpaired) electrons. The summed E-state index contributed by atoms with van der Waals surface area (Å²) in [5, 5.41) is 0. The molecule has 0 bridgehead atoms. The monoisotopic (exact) mass is 316 g/mol. The van der Waals surface area contributed by atoms with E-state index in [1.807, 2.05) is 24.6 Å². The smallest absolute Gasteiger partial charge is 0.0469 e. The van der Waals surface area contributed by atoms with Crippen molar-refractivity contribution in [1.29, 1.82) is 0 Å². The van der Waals surface area contributed by atoms with Gasteiger partial charge in [-0.15, -0.1) is 0 Å². The van der Waals surface area contributed by atoms with E-state index in [2.05, 4.69) is 26.0 Å². The first-order valence-electron chi connectivity index (χ1n) is 7.26. The zero-order valence-electron chi connectivity index (χ0n) is 13.1. The number of rotatable bonds is 9. The molecular weight excluding hydrogens is 288 g/mol. The minimum atomic E-state index is -2.23. The van der Waals surface area contributed by atoms with Crippen LogP contribution in [0.25, 0.3) is 0 Å². The second-order valence-corrected chi connectivity index (χ2v) is 11.4. The maximum atomic E-state index is 12.4. The molecule has 0 amide bonds. The van der Waals surface area contributed by atoms with Gasteiger partial charge in [0, 0.05) is 24.4 Å². The molecule has 0 aliphatic rings. The van der Waals surface area contributed by atoms with Gasteiger partial charge in [0.05, 0.1) is 0 Å². The predicted octanol–water partition coefficient (Wildman–Crippen LogP) is 3.97. The number of thiol groups is 1. The zero-order valence-corrected chi connectivity index (χ0v) is 14.8. The van der Waals surface area contributed by atoms with Crippen LogP contribution < -0.4 is 0 Å². The van der Waals surface area contributed by atoms with Crippen LogP contribution >= 0.6 is 10.8 Å². The van der Waals surface area contributed by atoms with E-state index in [-0.39, 0.29) is 0 Å². The Morgan fingerprint density at radius 3 is 2.70 bits per heavy atom. The van der Waals surface area contributed by atoms with Crippen LogP contribution in [0.15, 0.2) is 29.2 Å². The molecule has 0 N–H and O–H groups in total. The molecule has 0 aliphatic heterocycles. The van der Waals surface area contributed by atoms with Crippen LogP contribution in [0, 0.1) is 5.92 Å². The van der Waals surface area contributed by atoms with E-state index >= 15 is 0 Å². The van der Waals surface area contributed by atoms with Crippen LogP contribution in [0.4, 0.5) is 0 Å². The Kier molecular flexibility index (Phi) is 7.85. The average molecular weight is 317 g/mol. The number of benzene rings is 1. The van der Waals surface area contributed by atoms with Gasteiger partial charge in [-0.05, 0) is 58.1 Å². The van der Waals surface area contributed by atoms with Crippen molar-refractivity contribution in [1.82, 2.24) is 0 Å². The summed E-state index contributed by atoms with van der Waals surface area (Å²) in [5.74, 6) is 0.705. The first-order chi connectivity index (χ1) is 9.45. The summed E-state index contributed by atoms with van der Waals surface area (Å²) in [6.07, 6.45) is 6.89. The molecular formula is C16H28O2S2. The lowest BCUT2D eigenvalue weighted by molar-refractivity contribution is 0.121. The van der Waals surface area contributed by atoms with Crippen molar-refractivity contribution in [2.45, 2.75) is 38.0 Å². The highest BCUT2D eigenvalue weighted by Gasteiger charge is 2.10. The molecule has 0 heterocycles. The van der Waals surface area contributed by atoms with E-state index < -0.39 is 8.96 Å². The van der Waals surface area contributed by atoms with E-state index in [4.69, 9.17) is 4.74 Å². The van der Waals surface area contributed by atoms with Crippen molar-refractivity contribution < 1.29 is 8.95 Å². The Balaban J connectivity index is 2.38. The summed E-state index contributed by atoms with van der Waals surface area (Å²) in [6, 6.07) is 8.18. The van der Waals surface area contributed by atoms with Crippen LogP contribution in [-0.2, 0) is 20.1 Å². The van der Waals surface area contributed by atoms with Gasteiger partial charge in [0.15, 0.2) is 0 Å². The molecule has 1 aromatic rings. The Hall–Kier alpha value is -0.320. The zero-order chi connectivity index (χ0) is 15.0. The van der Waals surface area contributed by atoms with E-state index in [9.17, 15) is 4.21 Å². The fourth-order valence-corrected chi connectivity index (χ4v) is 3.81. The maximum absolute atomic E-state index is 12.4. The van der Waals surface area contributed by atoms with Gasteiger partial charge in [-0.25, -0.2) is 0 Å². The van der Waals surface area contributed by atoms with Gasteiger partial charge in [0.1, 0.15) is 0 Å². The summed E-state index contributed by atoms with van der Waals surface area (Å²) in [5.41, 5.74) is 1.26. The molecule has 1 aromatic carbocycles. The minimum Gasteiger partial charge on any atom is -0.381 e. The number of ether oxygens (including phenoxy) is 1. The Bertz CT molecular complexity index is 444. The van der Waals surface area contributed by atoms with Crippen molar-refractivity contribution in [3.63, 3.8) is 0 Å². The third-order valence-corrected chi connectivity index (χ3v) is 7.96. The van der Waals surface area contributed by atoms with Crippen molar-refractivity contribution in [3.05, 3.63) is 29.8 Å². The fraction of sp³-hybridized carbons (Fsp3) is 0.625. The largest absolute Gasteiger partial charge is 0.381 e. The lowest BCUT2D eigenvalue weighted by Gasteiger charge is -2.16. The van der Waals surface area contributed by atoms with Crippen LogP contribution in [0.1, 0.15) is 32.3 Å². The lowest BCUT2D eigenvalue weighted by atomic mass is 10.1. The van der Waals surface area contributed by atoms with E-state index in [0.717, 1.165) is 37.4 Å². The van der Waals surface area contributed by atoms with E-state index in [1.54, 1.807) is 0 Å². The quantitative estimate of drug-likeness (QED) is 0.424. The highest BCUT2D eigenvalue weighted by Crippen LogP contribution is 2.27. The Morgan fingerprint density at radius 2 is 2.05 bits per heavy atom. The molecule has 0 saturated heterocycles. The van der Waals surface area contributed by atoms with Crippen LogP contribution in [0.2, 0.25) is 0 Å². The van der Waals surface area contributed by atoms with Crippen molar-refractivity contribution >= 4 is 19.8 Å². The van der Waals surface area contributed by atoms with Crippen molar-refractivity contribution in [2.24, 2.45) is 5.92 Å². The van der Waals surface area contributed by atoms with Gasteiger partial charge in [0.2, 0.25) is 0 Å². The third-order valence-electron chi connectivity index (χ3n) is 3.32. The molecule has 0 unspecified atom stereocenters. The molecule has 20 heavy (non-hydrogen) atoms. The molecule has 116 valence electrons. The highest BCUT2D eigenvalue weighted by molar-refractivity contribution is 8.76. The standard InChI is InChI=1S/C16H28O2S2/c1-14(2)10-12-18-11-6-8-15-7-5-9-16(13-15)20(4,17)19-3/h5,7,9,13-14,20H,6,8,10-12H2,1-4H3. The van der Waals surface area contributed by atoms with Crippen LogP contribution in [-0.4, -0.2) is 29.9 Å². The van der Waals surface area contributed by atoms with E-state index in [1.165, 1.54) is 16.4 Å². The van der Waals surface area contributed by atoms with Gasteiger partial charge in [-0.2, -0.15) is 0 Å². The number of aryl methyl sites for hydroxylation is 1. The number of hydrogen-bond acceptors (Lipinski definition) is 3. The Labute approximate surface area is 128 Å².